The minimum absolute atomic E-state index is 0.0196. The number of ether oxygens (including phenoxy) is 1. The van der Waals surface area contributed by atoms with E-state index >= 15 is 0 Å². The standard InChI is InChI=1S/C33H42F2N4O5/c1-6-8-39(9-7-2)32(42)25-11-21(3)10-24(16-25)31(41)37-28(14-22-12-26(34)17-27(35)13-22)30(40)19-36-18-23-15-29(33(43)44-5)38(4)20-23/h10-13,15-17,20,28,30,36,40H,6-9,14,18-19H2,1-5H3,(H,37,41)/t28-,30+/m0/s1. The molecular formula is C33H42F2N4O5. The predicted octanol–water partition coefficient (Wildman–Crippen LogP) is 4.15. The Kier molecular flexibility index (Phi) is 12.6. The van der Waals surface area contributed by atoms with Crippen molar-refractivity contribution in [3.05, 3.63) is 93.8 Å². The van der Waals surface area contributed by atoms with E-state index in [4.69, 9.17) is 4.74 Å². The van der Waals surface area contributed by atoms with E-state index in [1.165, 1.54) is 13.2 Å². The first-order valence-corrected chi connectivity index (χ1v) is 14.7. The molecule has 44 heavy (non-hydrogen) atoms. The van der Waals surface area contributed by atoms with Crippen molar-refractivity contribution in [3.63, 3.8) is 0 Å². The number of amides is 2. The lowest BCUT2D eigenvalue weighted by Crippen LogP contribution is -2.48. The molecule has 0 radical (unpaired) electrons. The number of carbonyl (C=O) groups is 3. The SMILES string of the molecule is CCCN(CCC)C(=O)c1cc(C)cc(C(=O)N[C@@H](Cc2cc(F)cc(F)c2)[C@H](O)CNCc2cc(C(=O)OC)n(C)c2)c1. The van der Waals surface area contributed by atoms with Gasteiger partial charge in [0, 0.05) is 56.6 Å². The third kappa shape index (κ3) is 9.45. The number of rotatable bonds is 15. The number of hydrogen-bond donors (Lipinski definition) is 3. The van der Waals surface area contributed by atoms with Crippen LogP contribution in [0.3, 0.4) is 0 Å². The fourth-order valence-corrected chi connectivity index (χ4v) is 5.14. The monoisotopic (exact) mass is 612 g/mol. The second-order valence-electron chi connectivity index (χ2n) is 11.0. The largest absolute Gasteiger partial charge is 0.464 e. The van der Waals surface area contributed by atoms with Crippen LogP contribution in [0.2, 0.25) is 0 Å². The number of aryl methyl sites for hydroxylation is 2. The highest BCUT2D eigenvalue weighted by Gasteiger charge is 2.24. The number of halogens is 2. The van der Waals surface area contributed by atoms with Crippen LogP contribution in [0, 0.1) is 18.6 Å². The van der Waals surface area contributed by atoms with Gasteiger partial charge < -0.3 is 29.9 Å². The quantitative estimate of drug-likeness (QED) is 0.222. The average Bonchev–Trinajstić information content (AvgIpc) is 3.34. The fraction of sp³-hybridized carbons (Fsp3) is 0.424. The molecule has 2 atom stereocenters. The van der Waals surface area contributed by atoms with E-state index in [9.17, 15) is 28.3 Å². The van der Waals surface area contributed by atoms with E-state index < -0.39 is 35.7 Å². The number of esters is 1. The van der Waals surface area contributed by atoms with Crippen LogP contribution >= 0.6 is 0 Å². The van der Waals surface area contributed by atoms with Crippen LogP contribution in [0.4, 0.5) is 8.78 Å². The lowest BCUT2D eigenvalue weighted by atomic mass is 9.99. The zero-order valence-electron chi connectivity index (χ0n) is 26.0. The molecule has 238 valence electrons. The number of carbonyl (C=O) groups excluding carboxylic acids is 3. The van der Waals surface area contributed by atoms with Gasteiger partial charge in [0.2, 0.25) is 0 Å². The molecule has 2 aromatic carbocycles. The maximum atomic E-state index is 14.0. The van der Waals surface area contributed by atoms with Crippen molar-refractivity contribution in [2.24, 2.45) is 7.05 Å². The van der Waals surface area contributed by atoms with Crippen LogP contribution in [0.25, 0.3) is 0 Å². The second-order valence-corrected chi connectivity index (χ2v) is 11.0. The summed E-state index contributed by atoms with van der Waals surface area (Å²) in [4.78, 5) is 40.4. The first-order valence-electron chi connectivity index (χ1n) is 14.7. The molecule has 1 heterocycles. The molecule has 0 aliphatic heterocycles. The van der Waals surface area contributed by atoms with Crippen LogP contribution in [0.5, 0.6) is 0 Å². The summed E-state index contributed by atoms with van der Waals surface area (Å²) in [7, 11) is 3.01. The van der Waals surface area contributed by atoms with E-state index in [0.29, 0.717) is 36.5 Å². The van der Waals surface area contributed by atoms with Crippen LogP contribution < -0.4 is 10.6 Å². The number of aromatic nitrogens is 1. The van der Waals surface area contributed by atoms with Crippen molar-refractivity contribution in [1.82, 2.24) is 20.1 Å². The zero-order chi connectivity index (χ0) is 32.4. The Morgan fingerprint density at radius 3 is 2.20 bits per heavy atom. The van der Waals surface area contributed by atoms with E-state index in [-0.39, 0.29) is 30.0 Å². The molecule has 3 rings (SSSR count). The maximum Gasteiger partial charge on any atom is 0.354 e. The van der Waals surface area contributed by atoms with Crippen molar-refractivity contribution in [1.29, 1.82) is 0 Å². The van der Waals surface area contributed by atoms with Gasteiger partial charge in [-0.25, -0.2) is 13.6 Å². The van der Waals surface area contributed by atoms with Gasteiger partial charge in [-0.2, -0.15) is 0 Å². The molecule has 2 amide bonds. The molecule has 0 spiro atoms. The van der Waals surface area contributed by atoms with Gasteiger partial charge in [0.25, 0.3) is 11.8 Å². The number of aliphatic hydroxyl groups excluding tert-OH is 1. The molecule has 9 nitrogen and oxygen atoms in total. The van der Waals surface area contributed by atoms with Crippen LogP contribution in [0.15, 0.2) is 48.7 Å². The summed E-state index contributed by atoms with van der Waals surface area (Å²) < 4.78 is 34.4. The third-order valence-electron chi connectivity index (χ3n) is 7.16. The number of aliphatic hydroxyl groups is 1. The highest BCUT2D eigenvalue weighted by molar-refractivity contribution is 6.00. The molecule has 0 aliphatic carbocycles. The van der Waals surface area contributed by atoms with Crippen LogP contribution in [0.1, 0.15) is 74.6 Å². The number of benzene rings is 2. The summed E-state index contributed by atoms with van der Waals surface area (Å²) in [6.07, 6.45) is 2.13. The zero-order valence-corrected chi connectivity index (χ0v) is 26.0. The van der Waals surface area contributed by atoms with Crippen LogP contribution in [-0.2, 0) is 24.8 Å². The summed E-state index contributed by atoms with van der Waals surface area (Å²) >= 11 is 0. The Labute approximate surface area is 257 Å². The van der Waals surface area contributed by atoms with E-state index in [1.807, 2.05) is 13.8 Å². The van der Waals surface area contributed by atoms with Crippen molar-refractivity contribution < 1.29 is 33.0 Å². The average molecular weight is 613 g/mol. The number of hydrogen-bond acceptors (Lipinski definition) is 6. The molecule has 1 aromatic heterocycles. The van der Waals surface area contributed by atoms with E-state index in [1.54, 1.807) is 47.8 Å². The summed E-state index contributed by atoms with van der Waals surface area (Å²) in [5, 5.41) is 17.1. The van der Waals surface area contributed by atoms with Gasteiger partial charge in [-0.1, -0.05) is 13.8 Å². The topological polar surface area (TPSA) is 113 Å². The van der Waals surface area contributed by atoms with Gasteiger partial charge in [-0.15, -0.1) is 0 Å². The molecule has 3 N–H and O–H groups in total. The first kappa shape index (κ1) is 34.4. The Morgan fingerprint density at radius 1 is 0.955 bits per heavy atom. The Morgan fingerprint density at radius 2 is 1.59 bits per heavy atom. The lowest BCUT2D eigenvalue weighted by Gasteiger charge is -2.25. The van der Waals surface area contributed by atoms with Gasteiger partial charge >= 0.3 is 5.97 Å². The van der Waals surface area contributed by atoms with Gasteiger partial charge in [-0.05, 0) is 79.3 Å². The molecular weight excluding hydrogens is 570 g/mol. The Hall–Kier alpha value is -4.09. The van der Waals surface area contributed by atoms with Gasteiger partial charge in [-0.3, -0.25) is 9.59 Å². The first-order chi connectivity index (χ1) is 20.9. The molecule has 0 unspecified atom stereocenters. The molecule has 11 heteroatoms. The third-order valence-corrected chi connectivity index (χ3v) is 7.16. The smallest absolute Gasteiger partial charge is 0.354 e. The number of nitrogens with one attached hydrogen (secondary N) is 2. The predicted molar refractivity (Wildman–Crippen MR) is 163 cm³/mol. The minimum Gasteiger partial charge on any atom is -0.464 e. The summed E-state index contributed by atoms with van der Waals surface area (Å²) in [5.74, 6) is -2.72. The van der Waals surface area contributed by atoms with E-state index in [0.717, 1.165) is 36.6 Å². The van der Waals surface area contributed by atoms with Gasteiger partial charge in [0.15, 0.2) is 0 Å². The molecule has 0 bridgehead atoms. The van der Waals surface area contributed by atoms with Crippen molar-refractivity contribution in [2.75, 3.05) is 26.7 Å². The minimum atomic E-state index is -1.16. The highest BCUT2D eigenvalue weighted by atomic mass is 19.1. The Balaban J connectivity index is 1.80. The summed E-state index contributed by atoms with van der Waals surface area (Å²) in [6.45, 7) is 7.29. The van der Waals surface area contributed by atoms with Crippen molar-refractivity contribution in [2.45, 2.75) is 58.7 Å². The summed E-state index contributed by atoms with van der Waals surface area (Å²) in [6, 6.07) is 8.70. The number of methoxy groups -OCH3 is 1. The summed E-state index contributed by atoms with van der Waals surface area (Å²) in [5.41, 5.74) is 2.73. The Bertz CT molecular complexity index is 1430. The molecule has 0 aliphatic rings. The molecule has 0 saturated carbocycles. The maximum absolute atomic E-state index is 14.0. The second kappa shape index (κ2) is 16.1. The van der Waals surface area contributed by atoms with E-state index in [2.05, 4.69) is 10.6 Å². The normalized spacial score (nSPS) is 12.5. The van der Waals surface area contributed by atoms with Crippen molar-refractivity contribution >= 4 is 17.8 Å². The highest BCUT2D eigenvalue weighted by Crippen LogP contribution is 2.16. The van der Waals surface area contributed by atoms with Gasteiger partial charge in [0.05, 0.1) is 19.3 Å². The molecule has 0 saturated heterocycles. The molecule has 0 fully saturated rings. The molecule has 3 aromatic rings. The lowest BCUT2D eigenvalue weighted by molar-refractivity contribution is 0.0589. The van der Waals surface area contributed by atoms with Crippen LogP contribution in [-0.4, -0.2) is 71.2 Å². The van der Waals surface area contributed by atoms with Crippen molar-refractivity contribution in [3.8, 4) is 0 Å². The fourth-order valence-electron chi connectivity index (χ4n) is 5.14. The van der Waals surface area contributed by atoms with Gasteiger partial charge in [0.1, 0.15) is 17.3 Å². The number of nitrogens with zero attached hydrogens (tertiary/aromatic N) is 2.